The van der Waals surface area contributed by atoms with Crippen molar-refractivity contribution in [2.24, 2.45) is 7.05 Å². The van der Waals surface area contributed by atoms with Crippen LogP contribution in [0.1, 0.15) is 42.3 Å². The standard InChI is InChI=1S/C16H20ClN3O/c1-4-18-14-8-16(13-9-20(3)19-10(13)2)21-15-6-5-11(17)7-12(14)15/h5-7,9,14,16,18H,4,8H2,1-3H3. The quantitative estimate of drug-likeness (QED) is 0.942. The Kier molecular flexibility index (Phi) is 3.91. The van der Waals surface area contributed by atoms with Crippen LogP contribution in [0.3, 0.4) is 0 Å². The lowest BCUT2D eigenvalue weighted by Gasteiger charge is -2.32. The van der Waals surface area contributed by atoms with Crippen molar-refractivity contribution < 1.29 is 4.74 Å². The minimum Gasteiger partial charge on any atom is -0.485 e. The average molecular weight is 306 g/mol. The molecular formula is C16H20ClN3O. The first-order valence-electron chi connectivity index (χ1n) is 7.28. The van der Waals surface area contributed by atoms with E-state index in [1.165, 1.54) is 0 Å². The average Bonchev–Trinajstić information content (AvgIpc) is 2.78. The first kappa shape index (κ1) is 14.4. The zero-order valence-electron chi connectivity index (χ0n) is 12.6. The summed E-state index contributed by atoms with van der Waals surface area (Å²) in [4.78, 5) is 0. The number of nitrogens with zero attached hydrogens (tertiary/aromatic N) is 2. The number of benzene rings is 1. The fourth-order valence-corrected chi connectivity index (χ4v) is 3.19. The largest absolute Gasteiger partial charge is 0.485 e. The van der Waals surface area contributed by atoms with Crippen LogP contribution >= 0.6 is 11.6 Å². The molecular weight excluding hydrogens is 286 g/mol. The maximum Gasteiger partial charge on any atom is 0.129 e. The molecule has 5 heteroatoms. The first-order valence-corrected chi connectivity index (χ1v) is 7.66. The van der Waals surface area contributed by atoms with E-state index in [0.717, 1.165) is 40.6 Å². The predicted molar refractivity (Wildman–Crippen MR) is 83.8 cm³/mol. The summed E-state index contributed by atoms with van der Waals surface area (Å²) in [6.45, 7) is 5.05. The topological polar surface area (TPSA) is 39.1 Å². The highest BCUT2D eigenvalue weighted by atomic mass is 35.5. The molecule has 2 aromatic rings. The third kappa shape index (κ3) is 2.78. The lowest BCUT2D eigenvalue weighted by atomic mass is 9.93. The van der Waals surface area contributed by atoms with Crippen LogP contribution in [-0.2, 0) is 7.05 Å². The summed E-state index contributed by atoms with van der Waals surface area (Å²) in [5.74, 6) is 0.907. The molecule has 2 heterocycles. The number of fused-ring (bicyclic) bond motifs is 1. The maximum absolute atomic E-state index is 6.19. The molecule has 0 bridgehead atoms. The molecule has 1 N–H and O–H groups in total. The first-order chi connectivity index (χ1) is 10.1. The van der Waals surface area contributed by atoms with E-state index >= 15 is 0 Å². The van der Waals surface area contributed by atoms with E-state index in [4.69, 9.17) is 16.3 Å². The summed E-state index contributed by atoms with van der Waals surface area (Å²) in [5.41, 5.74) is 3.32. The van der Waals surface area contributed by atoms with Gasteiger partial charge in [0.15, 0.2) is 0 Å². The number of halogens is 1. The van der Waals surface area contributed by atoms with Gasteiger partial charge in [0.25, 0.3) is 0 Å². The number of nitrogens with one attached hydrogen (secondary N) is 1. The number of aryl methyl sites for hydroxylation is 2. The molecule has 2 unspecified atom stereocenters. The van der Waals surface area contributed by atoms with E-state index in [1.807, 2.05) is 43.0 Å². The molecule has 0 aliphatic carbocycles. The summed E-state index contributed by atoms with van der Waals surface area (Å²) in [5, 5.41) is 8.70. The molecule has 1 aromatic heterocycles. The SMILES string of the molecule is CCNC1CC(c2cn(C)nc2C)Oc2ccc(Cl)cc21. The molecule has 21 heavy (non-hydrogen) atoms. The van der Waals surface area contributed by atoms with Gasteiger partial charge in [-0.15, -0.1) is 0 Å². The Labute approximate surface area is 130 Å². The van der Waals surface area contributed by atoms with Crippen LogP contribution in [0.15, 0.2) is 24.4 Å². The van der Waals surface area contributed by atoms with Crippen LogP contribution in [0, 0.1) is 6.92 Å². The molecule has 3 rings (SSSR count). The highest BCUT2D eigenvalue weighted by Crippen LogP contribution is 2.42. The van der Waals surface area contributed by atoms with Gasteiger partial charge in [-0.3, -0.25) is 4.68 Å². The third-order valence-electron chi connectivity index (χ3n) is 3.92. The Balaban J connectivity index is 1.97. The second-order valence-electron chi connectivity index (χ2n) is 5.48. The fourth-order valence-electron chi connectivity index (χ4n) is 3.01. The second-order valence-corrected chi connectivity index (χ2v) is 5.91. The van der Waals surface area contributed by atoms with Gasteiger partial charge in [0.1, 0.15) is 11.9 Å². The molecule has 2 atom stereocenters. The van der Waals surface area contributed by atoms with Gasteiger partial charge in [-0.25, -0.2) is 0 Å². The number of hydrogen-bond acceptors (Lipinski definition) is 3. The van der Waals surface area contributed by atoms with Crippen molar-refractivity contribution in [2.45, 2.75) is 32.4 Å². The van der Waals surface area contributed by atoms with Gasteiger partial charge in [0, 0.05) is 41.9 Å². The van der Waals surface area contributed by atoms with Gasteiger partial charge < -0.3 is 10.1 Å². The molecule has 1 aromatic carbocycles. The minimum absolute atomic E-state index is 0.0245. The Bertz CT molecular complexity index is 653. The Morgan fingerprint density at radius 2 is 2.24 bits per heavy atom. The minimum atomic E-state index is 0.0245. The summed E-state index contributed by atoms with van der Waals surface area (Å²) in [6, 6.07) is 6.08. The van der Waals surface area contributed by atoms with Gasteiger partial charge in [0.05, 0.1) is 5.69 Å². The molecule has 0 spiro atoms. The zero-order chi connectivity index (χ0) is 15.0. The van der Waals surface area contributed by atoms with E-state index in [-0.39, 0.29) is 12.1 Å². The molecule has 0 amide bonds. The third-order valence-corrected chi connectivity index (χ3v) is 4.15. The molecule has 112 valence electrons. The van der Waals surface area contributed by atoms with Crippen LogP contribution in [0.5, 0.6) is 5.75 Å². The summed E-state index contributed by atoms with van der Waals surface area (Å²) >= 11 is 6.13. The lowest BCUT2D eigenvalue weighted by Crippen LogP contribution is -2.29. The van der Waals surface area contributed by atoms with Crippen LogP contribution < -0.4 is 10.1 Å². The van der Waals surface area contributed by atoms with Gasteiger partial charge in [-0.2, -0.15) is 5.10 Å². The Hall–Kier alpha value is -1.52. The molecule has 0 saturated carbocycles. The van der Waals surface area contributed by atoms with Crippen molar-refractivity contribution >= 4 is 11.6 Å². The van der Waals surface area contributed by atoms with Crippen molar-refractivity contribution in [1.82, 2.24) is 15.1 Å². The fraction of sp³-hybridized carbons (Fsp3) is 0.438. The molecule has 0 saturated heterocycles. The number of aromatic nitrogens is 2. The van der Waals surface area contributed by atoms with Crippen LogP contribution in [0.25, 0.3) is 0 Å². The van der Waals surface area contributed by atoms with Gasteiger partial charge in [-0.1, -0.05) is 18.5 Å². The highest BCUT2D eigenvalue weighted by Gasteiger charge is 2.30. The number of hydrogen-bond donors (Lipinski definition) is 1. The molecule has 4 nitrogen and oxygen atoms in total. The molecule has 1 aliphatic heterocycles. The zero-order valence-corrected chi connectivity index (χ0v) is 13.3. The Morgan fingerprint density at radius 1 is 1.43 bits per heavy atom. The van der Waals surface area contributed by atoms with Gasteiger partial charge >= 0.3 is 0 Å². The van der Waals surface area contributed by atoms with Crippen LogP contribution in [0.4, 0.5) is 0 Å². The van der Waals surface area contributed by atoms with E-state index in [2.05, 4.69) is 17.3 Å². The Morgan fingerprint density at radius 3 is 2.90 bits per heavy atom. The van der Waals surface area contributed by atoms with Crippen molar-refractivity contribution in [3.63, 3.8) is 0 Å². The monoisotopic (exact) mass is 305 g/mol. The second kappa shape index (κ2) is 5.70. The highest BCUT2D eigenvalue weighted by molar-refractivity contribution is 6.30. The lowest BCUT2D eigenvalue weighted by molar-refractivity contribution is 0.151. The number of ether oxygens (including phenoxy) is 1. The van der Waals surface area contributed by atoms with E-state index in [0.29, 0.717) is 0 Å². The summed E-state index contributed by atoms with van der Waals surface area (Å²) in [6.07, 6.45) is 2.95. The van der Waals surface area contributed by atoms with Crippen molar-refractivity contribution in [3.05, 3.63) is 46.2 Å². The van der Waals surface area contributed by atoms with Gasteiger partial charge in [0.2, 0.25) is 0 Å². The van der Waals surface area contributed by atoms with E-state index in [1.54, 1.807) is 0 Å². The number of rotatable bonds is 3. The van der Waals surface area contributed by atoms with Crippen LogP contribution in [0.2, 0.25) is 5.02 Å². The van der Waals surface area contributed by atoms with Crippen molar-refractivity contribution in [3.8, 4) is 5.75 Å². The van der Waals surface area contributed by atoms with Gasteiger partial charge in [-0.05, 0) is 31.7 Å². The maximum atomic E-state index is 6.19. The smallest absolute Gasteiger partial charge is 0.129 e. The van der Waals surface area contributed by atoms with E-state index < -0.39 is 0 Å². The molecule has 0 radical (unpaired) electrons. The van der Waals surface area contributed by atoms with Crippen molar-refractivity contribution in [1.29, 1.82) is 0 Å². The normalized spacial score (nSPS) is 21.0. The van der Waals surface area contributed by atoms with Crippen molar-refractivity contribution in [2.75, 3.05) is 6.54 Å². The van der Waals surface area contributed by atoms with E-state index in [9.17, 15) is 0 Å². The predicted octanol–water partition coefficient (Wildman–Crippen LogP) is 3.56. The summed E-state index contributed by atoms with van der Waals surface area (Å²) < 4.78 is 8.03. The molecule has 0 fully saturated rings. The summed E-state index contributed by atoms with van der Waals surface area (Å²) in [7, 11) is 1.94. The molecule has 1 aliphatic rings. The van der Waals surface area contributed by atoms with Crippen LogP contribution in [-0.4, -0.2) is 16.3 Å².